The molecule has 1 aliphatic heterocycles. The SMILES string of the molecule is Cc1nc(C)c2ncn(C3CC(F)C(CO)O3)c2n1. The number of aliphatic hydroxyl groups is 1. The molecule has 3 rings (SSSR count). The van der Waals surface area contributed by atoms with Gasteiger partial charge in [-0.25, -0.2) is 19.3 Å². The highest BCUT2D eigenvalue weighted by atomic mass is 19.1. The van der Waals surface area contributed by atoms with Gasteiger partial charge in [0, 0.05) is 6.42 Å². The van der Waals surface area contributed by atoms with Crippen LogP contribution in [0.3, 0.4) is 0 Å². The van der Waals surface area contributed by atoms with E-state index in [4.69, 9.17) is 9.84 Å². The van der Waals surface area contributed by atoms with Crippen LogP contribution in [0.2, 0.25) is 0 Å². The maximum absolute atomic E-state index is 13.6. The summed E-state index contributed by atoms with van der Waals surface area (Å²) in [4.78, 5) is 12.8. The lowest BCUT2D eigenvalue weighted by Crippen LogP contribution is -2.21. The molecule has 0 amide bonds. The summed E-state index contributed by atoms with van der Waals surface area (Å²) in [6.07, 6.45) is -0.643. The first-order chi connectivity index (χ1) is 9.10. The van der Waals surface area contributed by atoms with E-state index in [0.29, 0.717) is 17.0 Å². The Bertz CT molecular complexity index is 615. The highest BCUT2D eigenvalue weighted by Gasteiger charge is 2.36. The first-order valence-corrected chi connectivity index (χ1v) is 6.18. The fraction of sp³-hybridized carbons (Fsp3) is 0.583. The number of aromatic nitrogens is 4. The minimum Gasteiger partial charge on any atom is -0.394 e. The molecule has 19 heavy (non-hydrogen) atoms. The Hall–Kier alpha value is -1.60. The number of rotatable bonds is 2. The second-order valence-electron chi connectivity index (χ2n) is 4.74. The molecule has 6 nitrogen and oxygen atoms in total. The average Bonchev–Trinajstić information content (AvgIpc) is 2.92. The summed E-state index contributed by atoms with van der Waals surface area (Å²) in [7, 11) is 0. The van der Waals surface area contributed by atoms with Crippen molar-refractivity contribution in [1.82, 2.24) is 19.5 Å². The van der Waals surface area contributed by atoms with E-state index in [1.165, 1.54) is 0 Å². The van der Waals surface area contributed by atoms with Crippen LogP contribution in [-0.2, 0) is 4.74 Å². The third-order valence-corrected chi connectivity index (χ3v) is 3.36. The van der Waals surface area contributed by atoms with Crippen molar-refractivity contribution < 1.29 is 14.2 Å². The molecular weight excluding hydrogens is 251 g/mol. The fourth-order valence-corrected chi connectivity index (χ4v) is 2.43. The predicted molar refractivity (Wildman–Crippen MR) is 65.3 cm³/mol. The minimum absolute atomic E-state index is 0.193. The fourth-order valence-electron chi connectivity index (χ4n) is 2.43. The van der Waals surface area contributed by atoms with E-state index in [1.807, 2.05) is 6.92 Å². The topological polar surface area (TPSA) is 73.1 Å². The largest absolute Gasteiger partial charge is 0.394 e. The predicted octanol–water partition coefficient (Wildman–Crippen LogP) is 1.06. The average molecular weight is 266 g/mol. The number of halogens is 1. The zero-order valence-electron chi connectivity index (χ0n) is 10.7. The van der Waals surface area contributed by atoms with Gasteiger partial charge in [0.05, 0.1) is 18.6 Å². The molecule has 2 aromatic heterocycles. The molecule has 1 N–H and O–H groups in total. The van der Waals surface area contributed by atoms with Gasteiger partial charge in [0.2, 0.25) is 0 Å². The molecule has 0 bridgehead atoms. The lowest BCUT2D eigenvalue weighted by Gasteiger charge is -2.13. The van der Waals surface area contributed by atoms with E-state index in [9.17, 15) is 4.39 Å². The Balaban J connectivity index is 2.02. The number of hydrogen-bond acceptors (Lipinski definition) is 5. The van der Waals surface area contributed by atoms with Crippen LogP contribution in [0.1, 0.15) is 24.2 Å². The molecule has 3 unspecified atom stereocenters. The molecule has 2 aromatic rings. The molecular formula is C12H15FN4O2. The van der Waals surface area contributed by atoms with E-state index < -0.39 is 18.5 Å². The molecule has 1 aliphatic rings. The molecule has 7 heteroatoms. The van der Waals surface area contributed by atoms with Gasteiger partial charge < -0.3 is 9.84 Å². The second-order valence-corrected chi connectivity index (χ2v) is 4.74. The van der Waals surface area contributed by atoms with E-state index >= 15 is 0 Å². The van der Waals surface area contributed by atoms with Gasteiger partial charge in [-0.15, -0.1) is 0 Å². The molecule has 0 spiro atoms. The highest BCUT2D eigenvalue weighted by molar-refractivity contribution is 5.73. The van der Waals surface area contributed by atoms with E-state index in [-0.39, 0.29) is 13.0 Å². The lowest BCUT2D eigenvalue weighted by atomic mass is 10.2. The molecule has 1 saturated heterocycles. The van der Waals surface area contributed by atoms with Crippen LogP contribution in [0.15, 0.2) is 6.33 Å². The minimum atomic E-state index is -1.17. The summed E-state index contributed by atoms with van der Waals surface area (Å²) in [5, 5.41) is 9.04. The van der Waals surface area contributed by atoms with Crippen LogP contribution in [-0.4, -0.2) is 43.5 Å². The Labute approximate surface area is 109 Å². The van der Waals surface area contributed by atoms with Crippen molar-refractivity contribution in [2.24, 2.45) is 0 Å². The molecule has 3 heterocycles. The van der Waals surface area contributed by atoms with Gasteiger partial charge in [-0.3, -0.25) is 4.57 Å². The van der Waals surface area contributed by atoms with Gasteiger partial charge >= 0.3 is 0 Å². The lowest BCUT2D eigenvalue weighted by molar-refractivity contribution is -0.0323. The van der Waals surface area contributed by atoms with Crippen molar-refractivity contribution in [1.29, 1.82) is 0 Å². The first kappa shape index (κ1) is 12.4. The third-order valence-electron chi connectivity index (χ3n) is 3.36. The van der Waals surface area contributed by atoms with Crippen molar-refractivity contribution in [3.63, 3.8) is 0 Å². The second kappa shape index (κ2) is 4.50. The first-order valence-electron chi connectivity index (χ1n) is 6.18. The molecule has 3 atom stereocenters. The monoisotopic (exact) mass is 266 g/mol. The Morgan fingerprint density at radius 3 is 2.95 bits per heavy atom. The number of imidazole rings is 1. The van der Waals surface area contributed by atoms with Gasteiger partial charge in [-0.05, 0) is 13.8 Å². The van der Waals surface area contributed by atoms with Crippen LogP contribution >= 0.6 is 0 Å². The number of ether oxygens (including phenoxy) is 1. The van der Waals surface area contributed by atoms with Crippen molar-refractivity contribution >= 4 is 11.2 Å². The normalized spacial score (nSPS) is 27.3. The van der Waals surface area contributed by atoms with Gasteiger partial charge in [-0.2, -0.15) is 0 Å². The van der Waals surface area contributed by atoms with Crippen LogP contribution < -0.4 is 0 Å². The number of fused-ring (bicyclic) bond motifs is 1. The Kier molecular flexibility index (Phi) is 2.94. The zero-order valence-corrected chi connectivity index (χ0v) is 10.7. The number of hydrogen-bond donors (Lipinski definition) is 1. The van der Waals surface area contributed by atoms with Crippen molar-refractivity contribution in [2.75, 3.05) is 6.61 Å². The Morgan fingerprint density at radius 1 is 1.47 bits per heavy atom. The number of aliphatic hydroxyl groups excluding tert-OH is 1. The molecule has 102 valence electrons. The van der Waals surface area contributed by atoms with Crippen LogP contribution in [0.25, 0.3) is 11.2 Å². The summed E-state index contributed by atoms with van der Waals surface area (Å²) in [5.74, 6) is 0.639. The molecule has 0 aromatic carbocycles. The number of alkyl halides is 1. The van der Waals surface area contributed by atoms with Crippen molar-refractivity contribution in [2.45, 2.75) is 38.8 Å². The quantitative estimate of drug-likeness (QED) is 0.880. The molecule has 0 aliphatic carbocycles. The maximum atomic E-state index is 13.6. The van der Waals surface area contributed by atoms with Gasteiger partial charge in [-0.1, -0.05) is 0 Å². The van der Waals surface area contributed by atoms with E-state index in [2.05, 4.69) is 15.0 Å². The summed E-state index contributed by atoms with van der Waals surface area (Å²) < 4.78 is 20.8. The van der Waals surface area contributed by atoms with Crippen molar-refractivity contribution in [3.8, 4) is 0 Å². The summed E-state index contributed by atoms with van der Waals surface area (Å²) in [6, 6.07) is 0. The van der Waals surface area contributed by atoms with Crippen LogP contribution in [0.5, 0.6) is 0 Å². The van der Waals surface area contributed by atoms with Gasteiger partial charge in [0.15, 0.2) is 5.65 Å². The van der Waals surface area contributed by atoms with E-state index in [0.717, 1.165) is 5.69 Å². The number of nitrogens with zero attached hydrogens (tertiary/aromatic N) is 4. The standard InChI is InChI=1S/C12H15FN4O2/c1-6-11-12(16-7(2)15-6)17(5-14-11)10-3-8(13)9(4-18)19-10/h5,8-10,18H,3-4H2,1-2H3. The highest BCUT2D eigenvalue weighted by Crippen LogP contribution is 2.32. The summed E-state index contributed by atoms with van der Waals surface area (Å²) in [6.45, 7) is 3.34. The number of aryl methyl sites for hydroxylation is 2. The smallest absolute Gasteiger partial charge is 0.165 e. The van der Waals surface area contributed by atoms with Crippen LogP contribution in [0.4, 0.5) is 4.39 Å². The molecule has 0 radical (unpaired) electrons. The molecule has 1 fully saturated rings. The Morgan fingerprint density at radius 2 is 2.26 bits per heavy atom. The third kappa shape index (κ3) is 1.98. The summed E-state index contributed by atoms with van der Waals surface area (Å²) >= 11 is 0. The van der Waals surface area contributed by atoms with Gasteiger partial charge in [0.1, 0.15) is 29.8 Å². The van der Waals surface area contributed by atoms with Crippen molar-refractivity contribution in [3.05, 3.63) is 17.8 Å². The van der Waals surface area contributed by atoms with Crippen LogP contribution in [0, 0.1) is 13.8 Å². The van der Waals surface area contributed by atoms with Gasteiger partial charge in [0.25, 0.3) is 0 Å². The van der Waals surface area contributed by atoms with E-state index in [1.54, 1.807) is 17.8 Å². The zero-order chi connectivity index (χ0) is 13.6. The summed E-state index contributed by atoms with van der Waals surface area (Å²) in [5.41, 5.74) is 2.12. The maximum Gasteiger partial charge on any atom is 0.165 e. The molecule has 0 saturated carbocycles.